The van der Waals surface area contributed by atoms with E-state index in [0.29, 0.717) is 5.01 Å². The molecule has 1 N–H and O–H groups in total. The van der Waals surface area contributed by atoms with Crippen LogP contribution in [0.2, 0.25) is 0 Å². The van der Waals surface area contributed by atoms with Crippen molar-refractivity contribution in [2.45, 2.75) is 0 Å². The second-order valence-electron chi connectivity index (χ2n) is 2.73. The lowest BCUT2D eigenvalue weighted by molar-refractivity contribution is 0.0702. The third-order valence-electron chi connectivity index (χ3n) is 1.67. The number of hydrogen-bond donors (Lipinski definition) is 1. The highest BCUT2D eigenvalue weighted by atomic mass is 79.9. The Bertz CT molecular complexity index is 512. The molecule has 0 saturated carbocycles. The predicted molar refractivity (Wildman–Crippen MR) is 60.0 cm³/mol. The van der Waals surface area contributed by atoms with Crippen LogP contribution in [0.15, 0.2) is 29.1 Å². The largest absolute Gasteiger partial charge is 0.477 e. The van der Waals surface area contributed by atoms with Crippen LogP contribution >= 0.6 is 27.3 Å². The minimum Gasteiger partial charge on any atom is -0.477 e. The number of nitrogens with zero attached hydrogens (tertiary/aromatic N) is 2. The van der Waals surface area contributed by atoms with Crippen LogP contribution in [0, 0.1) is 0 Å². The van der Waals surface area contributed by atoms with Crippen molar-refractivity contribution in [3.8, 4) is 10.6 Å². The number of pyridine rings is 1. The lowest BCUT2D eigenvalue weighted by Crippen LogP contribution is -1.89. The number of aromatic carboxylic acids is 1. The summed E-state index contributed by atoms with van der Waals surface area (Å²) in [6.45, 7) is 0. The van der Waals surface area contributed by atoms with Gasteiger partial charge in [0.1, 0.15) is 9.88 Å². The number of carboxylic acid groups (broad SMARTS) is 1. The fourth-order valence-corrected chi connectivity index (χ4v) is 2.14. The van der Waals surface area contributed by atoms with E-state index < -0.39 is 5.97 Å². The molecule has 0 atom stereocenters. The normalized spacial score (nSPS) is 10.2. The van der Waals surface area contributed by atoms with Crippen molar-refractivity contribution >= 4 is 33.2 Å². The van der Waals surface area contributed by atoms with E-state index in [1.54, 1.807) is 12.4 Å². The smallest absolute Gasteiger partial charge is 0.347 e. The van der Waals surface area contributed by atoms with Crippen molar-refractivity contribution in [2.24, 2.45) is 0 Å². The average Bonchev–Trinajstić information content (AvgIpc) is 2.66. The van der Waals surface area contributed by atoms with Crippen molar-refractivity contribution in [1.82, 2.24) is 9.97 Å². The zero-order valence-electron chi connectivity index (χ0n) is 7.35. The quantitative estimate of drug-likeness (QED) is 0.921. The molecule has 2 rings (SSSR count). The van der Waals surface area contributed by atoms with Crippen molar-refractivity contribution in [3.63, 3.8) is 0 Å². The zero-order valence-corrected chi connectivity index (χ0v) is 9.75. The third-order valence-corrected chi connectivity index (χ3v) is 3.14. The molecule has 0 spiro atoms. The van der Waals surface area contributed by atoms with Gasteiger partial charge < -0.3 is 5.11 Å². The Morgan fingerprint density at radius 2 is 2.20 bits per heavy atom. The third kappa shape index (κ3) is 2.21. The van der Waals surface area contributed by atoms with Gasteiger partial charge in [0.25, 0.3) is 0 Å². The first-order valence-corrected chi connectivity index (χ1v) is 5.58. The van der Waals surface area contributed by atoms with Gasteiger partial charge in [-0.2, -0.15) is 0 Å². The van der Waals surface area contributed by atoms with Crippen LogP contribution in [-0.4, -0.2) is 21.0 Å². The molecule has 0 aliphatic rings. The number of thiazole rings is 1. The summed E-state index contributed by atoms with van der Waals surface area (Å²) in [7, 11) is 0. The molecule has 0 unspecified atom stereocenters. The first-order chi connectivity index (χ1) is 7.16. The van der Waals surface area contributed by atoms with Crippen molar-refractivity contribution in [3.05, 3.63) is 34.0 Å². The first-order valence-electron chi connectivity index (χ1n) is 3.97. The molecule has 4 nitrogen and oxygen atoms in total. The fraction of sp³-hybridized carbons (Fsp3) is 0. The Hall–Kier alpha value is -1.27. The Balaban J connectivity index is 2.41. The summed E-state index contributed by atoms with van der Waals surface area (Å²) in [5.41, 5.74) is 0.807. The number of rotatable bonds is 2. The van der Waals surface area contributed by atoms with Crippen LogP contribution in [0.5, 0.6) is 0 Å². The maximum absolute atomic E-state index is 10.7. The second-order valence-corrected chi connectivity index (χ2v) is 4.67. The molecule has 2 heterocycles. The minimum atomic E-state index is -0.957. The highest BCUT2D eigenvalue weighted by Gasteiger charge is 2.10. The fourth-order valence-electron chi connectivity index (χ4n) is 1.04. The molecule has 0 fully saturated rings. The Labute approximate surface area is 97.8 Å². The topological polar surface area (TPSA) is 63.1 Å². The van der Waals surface area contributed by atoms with E-state index in [2.05, 4.69) is 25.9 Å². The monoisotopic (exact) mass is 284 g/mol. The molecule has 0 aliphatic heterocycles. The van der Waals surface area contributed by atoms with Gasteiger partial charge in [0.05, 0.1) is 6.20 Å². The molecule has 0 aromatic carbocycles. The molecular formula is C9H5BrN2O2S. The van der Waals surface area contributed by atoms with Gasteiger partial charge in [0.2, 0.25) is 0 Å². The molecule has 0 radical (unpaired) electrons. The molecule has 15 heavy (non-hydrogen) atoms. The average molecular weight is 285 g/mol. The Morgan fingerprint density at radius 3 is 2.80 bits per heavy atom. The molecule has 0 bridgehead atoms. The Kier molecular flexibility index (Phi) is 2.79. The minimum absolute atomic E-state index is 0.227. The summed E-state index contributed by atoms with van der Waals surface area (Å²) in [5, 5.41) is 9.40. The number of aromatic nitrogens is 2. The first kappa shape index (κ1) is 10.3. The molecule has 0 amide bonds. The lowest BCUT2D eigenvalue weighted by atomic mass is 10.3. The molecule has 2 aromatic heterocycles. The van der Waals surface area contributed by atoms with Gasteiger partial charge in [-0.15, -0.1) is 11.3 Å². The van der Waals surface area contributed by atoms with Gasteiger partial charge in [-0.1, -0.05) is 0 Å². The number of carbonyl (C=O) groups is 1. The maximum Gasteiger partial charge on any atom is 0.347 e. The summed E-state index contributed by atoms with van der Waals surface area (Å²) in [5.74, 6) is -0.957. The van der Waals surface area contributed by atoms with Crippen LogP contribution in [0.1, 0.15) is 9.67 Å². The highest BCUT2D eigenvalue weighted by molar-refractivity contribution is 9.10. The van der Waals surface area contributed by atoms with Gasteiger partial charge in [-0.25, -0.2) is 9.78 Å². The number of hydrogen-bond acceptors (Lipinski definition) is 4. The van der Waals surface area contributed by atoms with Crippen LogP contribution in [0.25, 0.3) is 10.6 Å². The number of carboxylic acids is 1. The molecule has 6 heteroatoms. The van der Waals surface area contributed by atoms with Gasteiger partial charge in [-0.05, 0) is 22.0 Å². The summed E-state index contributed by atoms with van der Waals surface area (Å²) < 4.78 is 0.840. The van der Waals surface area contributed by atoms with E-state index in [0.717, 1.165) is 21.4 Å². The Morgan fingerprint density at radius 1 is 1.40 bits per heavy atom. The summed E-state index contributed by atoms with van der Waals surface area (Å²) >= 11 is 4.42. The summed E-state index contributed by atoms with van der Waals surface area (Å²) in [4.78, 5) is 18.9. The van der Waals surface area contributed by atoms with Crippen LogP contribution in [-0.2, 0) is 0 Å². The number of halogens is 1. The van der Waals surface area contributed by atoms with Gasteiger partial charge in [0.15, 0.2) is 0 Å². The van der Waals surface area contributed by atoms with Crippen LogP contribution < -0.4 is 0 Å². The maximum atomic E-state index is 10.7. The van der Waals surface area contributed by atoms with E-state index in [1.807, 2.05) is 6.07 Å². The van der Waals surface area contributed by atoms with Gasteiger partial charge in [-0.3, -0.25) is 4.98 Å². The van der Waals surface area contributed by atoms with E-state index in [1.165, 1.54) is 6.20 Å². The van der Waals surface area contributed by atoms with Gasteiger partial charge >= 0.3 is 5.97 Å². The van der Waals surface area contributed by atoms with Crippen molar-refractivity contribution in [2.75, 3.05) is 0 Å². The van der Waals surface area contributed by atoms with E-state index >= 15 is 0 Å². The molecule has 2 aromatic rings. The standard InChI is InChI=1S/C9H5BrN2O2S/c10-6-1-5(2-11-3-6)8-12-4-7(15-8)9(13)14/h1-4H,(H,13,14). The van der Waals surface area contributed by atoms with Gasteiger partial charge in [0, 0.05) is 22.4 Å². The van der Waals surface area contributed by atoms with Crippen molar-refractivity contribution in [1.29, 1.82) is 0 Å². The SMILES string of the molecule is O=C(O)c1cnc(-c2cncc(Br)c2)s1. The van der Waals surface area contributed by atoms with Crippen molar-refractivity contribution < 1.29 is 9.90 Å². The highest BCUT2D eigenvalue weighted by Crippen LogP contribution is 2.26. The van der Waals surface area contributed by atoms with E-state index in [9.17, 15) is 4.79 Å². The molecule has 0 aliphatic carbocycles. The lowest BCUT2D eigenvalue weighted by Gasteiger charge is -1.94. The van der Waals surface area contributed by atoms with E-state index in [-0.39, 0.29) is 4.88 Å². The molecule has 0 saturated heterocycles. The summed E-state index contributed by atoms with van der Waals surface area (Å²) in [6.07, 6.45) is 4.66. The van der Waals surface area contributed by atoms with Crippen LogP contribution in [0.3, 0.4) is 0 Å². The van der Waals surface area contributed by atoms with Crippen LogP contribution in [0.4, 0.5) is 0 Å². The summed E-state index contributed by atoms with van der Waals surface area (Å²) in [6, 6.07) is 1.84. The molecular weight excluding hydrogens is 280 g/mol. The second kappa shape index (κ2) is 4.08. The molecule has 76 valence electrons. The van der Waals surface area contributed by atoms with E-state index in [4.69, 9.17) is 5.11 Å². The zero-order chi connectivity index (χ0) is 10.8. The predicted octanol–water partition coefficient (Wildman–Crippen LogP) is 2.67.